The first-order valence-electron chi connectivity index (χ1n) is 7.79. The maximum Gasteiger partial charge on any atom is 0.243 e. The van der Waals surface area contributed by atoms with Crippen LogP contribution in [0.1, 0.15) is 5.56 Å². The van der Waals surface area contributed by atoms with Crippen LogP contribution in [-0.2, 0) is 11.2 Å². The summed E-state index contributed by atoms with van der Waals surface area (Å²) in [6.45, 7) is 4.38. The van der Waals surface area contributed by atoms with Crippen molar-refractivity contribution in [1.82, 2.24) is 5.32 Å². The lowest BCUT2D eigenvalue weighted by Crippen LogP contribution is -2.39. The Labute approximate surface area is 139 Å². The van der Waals surface area contributed by atoms with Crippen molar-refractivity contribution in [3.8, 4) is 0 Å². The van der Waals surface area contributed by atoms with Gasteiger partial charge in [-0.05, 0) is 42.2 Å². The first-order valence-corrected chi connectivity index (χ1v) is 7.79. The minimum Gasteiger partial charge on any atom is -0.352 e. The van der Waals surface area contributed by atoms with Crippen molar-refractivity contribution in [2.75, 3.05) is 18.0 Å². The minimum atomic E-state index is -0.481. The Hall–Kier alpha value is -2.69. The van der Waals surface area contributed by atoms with Gasteiger partial charge in [-0.2, -0.15) is 0 Å². The highest BCUT2D eigenvalue weighted by Crippen LogP contribution is 2.36. The van der Waals surface area contributed by atoms with Crippen LogP contribution in [0.2, 0.25) is 0 Å². The number of carbonyl (C=O) groups is 1. The molecule has 24 heavy (non-hydrogen) atoms. The van der Waals surface area contributed by atoms with Crippen molar-refractivity contribution in [3.63, 3.8) is 0 Å². The number of nitrogens with one attached hydrogen (secondary N) is 1. The van der Waals surface area contributed by atoms with Crippen molar-refractivity contribution < 1.29 is 13.6 Å². The number of fused-ring (bicyclic) bond motifs is 1. The highest BCUT2D eigenvalue weighted by atomic mass is 19.1. The molecular formula is C19H18F2N2O. The Morgan fingerprint density at radius 3 is 2.83 bits per heavy atom. The molecule has 1 atom stereocenters. The number of anilines is 2. The third kappa shape index (κ3) is 3.30. The van der Waals surface area contributed by atoms with Crippen LogP contribution >= 0.6 is 0 Å². The summed E-state index contributed by atoms with van der Waals surface area (Å²) in [6, 6.07) is 11.1. The van der Waals surface area contributed by atoms with Gasteiger partial charge in [0.1, 0.15) is 11.6 Å². The maximum atomic E-state index is 14.3. The molecule has 1 unspecified atom stereocenters. The number of halogens is 2. The minimum absolute atomic E-state index is 0.0893. The second-order valence-electron chi connectivity index (χ2n) is 5.85. The van der Waals surface area contributed by atoms with Crippen LogP contribution in [0.3, 0.4) is 0 Å². The average Bonchev–Trinajstić information content (AvgIpc) is 2.61. The van der Waals surface area contributed by atoms with Crippen LogP contribution in [0, 0.1) is 17.6 Å². The lowest BCUT2D eigenvalue weighted by molar-refractivity contribution is -0.116. The summed E-state index contributed by atoms with van der Waals surface area (Å²) in [4.78, 5) is 13.2. The van der Waals surface area contributed by atoms with E-state index >= 15 is 0 Å². The molecule has 0 fully saturated rings. The Kier molecular flexibility index (Phi) is 4.60. The van der Waals surface area contributed by atoms with Gasteiger partial charge in [-0.3, -0.25) is 4.79 Å². The fourth-order valence-corrected chi connectivity index (χ4v) is 3.05. The number of carbonyl (C=O) groups excluding carboxylic acids is 1. The molecule has 0 radical (unpaired) electrons. The van der Waals surface area contributed by atoms with Crippen LogP contribution in [0.4, 0.5) is 20.2 Å². The summed E-state index contributed by atoms with van der Waals surface area (Å²) in [5.74, 6) is -1.10. The average molecular weight is 328 g/mol. The summed E-state index contributed by atoms with van der Waals surface area (Å²) in [5.41, 5.74) is 2.13. The van der Waals surface area contributed by atoms with E-state index in [-0.39, 0.29) is 17.5 Å². The van der Waals surface area contributed by atoms with Crippen LogP contribution in [-0.4, -0.2) is 19.0 Å². The molecule has 2 aromatic carbocycles. The number of amides is 1. The molecule has 1 aliphatic rings. The quantitative estimate of drug-likeness (QED) is 0.870. The number of hydrogen-bond donors (Lipinski definition) is 1. The van der Waals surface area contributed by atoms with Gasteiger partial charge >= 0.3 is 0 Å². The molecular weight excluding hydrogens is 310 g/mol. The molecule has 5 heteroatoms. The van der Waals surface area contributed by atoms with E-state index in [9.17, 15) is 13.6 Å². The van der Waals surface area contributed by atoms with E-state index in [2.05, 4.69) is 11.9 Å². The second kappa shape index (κ2) is 6.83. The molecule has 0 aliphatic carbocycles. The molecule has 0 saturated heterocycles. The lowest BCUT2D eigenvalue weighted by atomic mass is 9.91. The predicted molar refractivity (Wildman–Crippen MR) is 90.2 cm³/mol. The number of rotatable bonds is 4. The normalized spacial score (nSPS) is 16.4. The van der Waals surface area contributed by atoms with Crippen LogP contribution in [0.15, 0.2) is 55.1 Å². The zero-order chi connectivity index (χ0) is 17.1. The van der Waals surface area contributed by atoms with Gasteiger partial charge in [0.05, 0.1) is 5.69 Å². The van der Waals surface area contributed by atoms with Gasteiger partial charge in [0, 0.05) is 24.8 Å². The molecule has 1 amide bonds. The zero-order valence-electron chi connectivity index (χ0n) is 13.1. The van der Waals surface area contributed by atoms with E-state index in [1.54, 1.807) is 4.90 Å². The lowest BCUT2D eigenvalue weighted by Gasteiger charge is -2.36. The Balaban J connectivity index is 1.93. The highest BCUT2D eigenvalue weighted by molar-refractivity contribution is 5.86. The smallest absolute Gasteiger partial charge is 0.243 e. The van der Waals surface area contributed by atoms with Crippen molar-refractivity contribution in [1.29, 1.82) is 0 Å². The summed E-state index contributed by atoms with van der Waals surface area (Å²) in [6.07, 6.45) is 1.99. The van der Waals surface area contributed by atoms with Gasteiger partial charge in [0.2, 0.25) is 5.91 Å². The van der Waals surface area contributed by atoms with E-state index in [1.807, 2.05) is 24.3 Å². The molecule has 124 valence electrons. The molecule has 3 nitrogen and oxygen atoms in total. The molecule has 0 aromatic heterocycles. The zero-order valence-corrected chi connectivity index (χ0v) is 13.1. The molecule has 3 rings (SSSR count). The summed E-state index contributed by atoms with van der Waals surface area (Å²) >= 11 is 0. The van der Waals surface area contributed by atoms with Gasteiger partial charge in [-0.15, -0.1) is 0 Å². The molecule has 1 heterocycles. The van der Waals surface area contributed by atoms with Crippen LogP contribution < -0.4 is 10.2 Å². The first kappa shape index (κ1) is 16.2. The van der Waals surface area contributed by atoms with E-state index in [1.165, 1.54) is 12.1 Å². The van der Waals surface area contributed by atoms with Gasteiger partial charge < -0.3 is 10.2 Å². The van der Waals surface area contributed by atoms with Crippen molar-refractivity contribution in [2.45, 2.75) is 6.42 Å². The number of para-hydroxylation sites is 1. The van der Waals surface area contributed by atoms with Crippen LogP contribution in [0.5, 0.6) is 0 Å². The molecule has 0 bridgehead atoms. The monoisotopic (exact) mass is 328 g/mol. The van der Waals surface area contributed by atoms with E-state index in [0.717, 1.165) is 29.8 Å². The van der Waals surface area contributed by atoms with E-state index in [4.69, 9.17) is 0 Å². The first-order chi connectivity index (χ1) is 11.6. The van der Waals surface area contributed by atoms with Crippen LogP contribution in [0.25, 0.3) is 0 Å². The number of benzene rings is 2. The topological polar surface area (TPSA) is 32.3 Å². The summed E-state index contributed by atoms with van der Waals surface area (Å²) in [7, 11) is 0. The third-order valence-electron chi connectivity index (χ3n) is 4.18. The van der Waals surface area contributed by atoms with Gasteiger partial charge in [-0.1, -0.05) is 24.8 Å². The molecule has 0 saturated carbocycles. The fraction of sp³-hybridized carbons (Fsp3) is 0.211. The maximum absolute atomic E-state index is 14.3. The van der Waals surface area contributed by atoms with Gasteiger partial charge in [0.25, 0.3) is 0 Å². The Bertz CT molecular complexity index is 776. The fourth-order valence-electron chi connectivity index (χ4n) is 3.05. The SMILES string of the molecule is C=CC(=O)NCC1Cc2ccccc2N(c2cc(F)ccc2F)C1. The van der Waals surface area contributed by atoms with Gasteiger partial charge in [-0.25, -0.2) is 8.78 Å². The predicted octanol–water partition coefficient (Wildman–Crippen LogP) is 3.58. The van der Waals surface area contributed by atoms with Crippen molar-refractivity contribution >= 4 is 17.3 Å². The molecule has 1 N–H and O–H groups in total. The summed E-state index contributed by atoms with van der Waals surface area (Å²) < 4.78 is 27.9. The Morgan fingerprint density at radius 2 is 2.04 bits per heavy atom. The van der Waals surface area contributed by atoms with E-state index < -0.39 is 11.6 Å². The second-order valence-corrected chi connectivity index (χ2v) is 5.85. The number of nitrogens with zero attached hydrogens (tertiary/aromatic N) is 1. The van der Waals surface area contributed by atoms with Crippen molar-refractivity contribution in [3.05, 3.63) is 72.3 Å². The molecule has 1 aliphatic heterocycles. The number of hydrogen-bond acceptors (Lipinski definition) is 2. The highest BCUT2D eigenvalue weighted by Gasteiger charge is 2.27. The van der Waals surface area contributed by atoms with Crippen molar-refractivity contribution in [2.24, 2.45) is 5.92 Å². The third-order valence-corrected chi connectivity index (χ3v) is 4.18. The standard InChI is InChI=1S/C19H18F2N2O/c1-2-19(24)22-11-13-9-14-5-3-4-6-17(14)23(12-13)18-10-15(20)7-8-16(18)21/h2-8,10,13H,1,9,11-12H2,(H,22,24). The molecule has 0 spiro atoms. The molecule has 2 aromatic rings. The van der Waals surface area contributed by atoms with E-state index in [0.29, 0.717) is 13.1 Å². The largest absolute Gasteiger partial charge is 0.352 e. The Morgan fingerprint density at radius 1 is 1.25 bits per heavy atom. The summed E-state index contributed by atoms with van der Waals surface area (Å²) in [5, 5.41) is 2.78. The van der Waals surface area contributed by atoms with Gasteiger partial charge in [0.15, 0.2) is 0 Å².